The number of amidine groups is 1. The Kier molecular flexibility index (Phi) is 4.57. The Balaban J connectivity index is 2.17. The van der Waals surface area contributed by atoms with Crippen molar-refractivity contribution in [2.45, 2.75) is 10.6 Å². The third kappa shape index (κ3) is 3.27. The number of oxime groups is 1. The van der Waals surface area contributed by atoms with Crippen LogP contribution in [-0.4, -0.2) is 11.0 Å². The molecule has 2 aromatic carbocycles. The second-order valence-electron chi connectivity index (χ2n) is 4.01. The topological polar surface area (TPSA) is 58.6 Å². The molecule has 20 heavy (non-hydrogen) atoms. The average molecular weight is 294 g/mol. The van der Waals surface area contributed by atoms with Gasteiger partial charge in [0.25, 0.3) is 0 Å². The van der Waals surface area contributed by atoms with E-state index in [2.05, 4.69) is 5.16 Å². The van der Waals surface area contributed by atoms with Crippen molar-refractivity contribution in [1.29, 1.82) is 0 Å². The van der Waals surface area contributed by atoms with Crippen LogP contribution in [0.25, 0.3) is 0 Å². The second-order valence-corrected chi connectivity index (χ2v) is 5.06. The van der Waals surface area contributed by atoms with Crippen molar-refractivity contribution in [2.75, 3.05) is 0 Å². The van der Waals surface area contributed by atoms with E-state index in [1.54, 1.807) is 12.1 Å². The highest BCUT2D eigenvalue weighted by molar-refractivity contribution is 7.98. The number of hydrogen-bond acceptors (Lipinski definition) is 3. The summed E-state index contributed by atoms with van der Waals surface area (Å²) < 4.78 is 25.9. The molecule has 6 heteroatoms. The molecule has 0 aliphatic rings. The summed E-state index contributed by atoms with van der Waals surface area (Å²) in [5, 5.41) is 11.7. The van der Waals surface area contributed by atoms with Gasteiger partial charge in [0.05, 0.1) is 0 Å². The molecule has 3 nitrogen and oxygen atoms in total. The molecule has 0 aliphatic carbocycles. The van der Waals surface area contributed by atoms with Crippen LogP contribution >= 0.6 is 11.8 Å². The lowest BCUT2D eigenvalue weighted by Crippen LogP contribution is -2.15. The summed E-state index contributed by atoms with van der Waals surface area (Å²) in [7, 11) is 0. The molecule has 104 valence electrons. The van der Waals surface area contributed by atoms with Gasteiger partial charge in [-0.1, -0.05) is 29.4 Å². The van der Waals surface area contributed by atoms with Crippen LogP contribution in [0.4, 0.5) is 8.78 Å². The minimum atomic E-state index is -0.875. The number of thioether (sulfide) groups is 1. The third-order valence-corrected chi connectivity index (χ3v) is 3.73. The van der Waals surface area contributed by atoms with E-state index in [9.17, 15) is 8.78 Å². The summed E-state index contributed by atoms with van der Waals surface area (Å²) in [6.07, 6.45) is 0. The standard InChI is InChI=1S/C14H12F2N2OS/c15-12-6-5-10(7-13(12)16)20-8-9-3-1-2-4-11(9)14(17)18-19/h1-7,19H,8H2,(H2,17,18). The van der Waals surface area contributed by atoms with Gasteiger partial charge in [0.2, 0.25) is 0 Å². The number of benzene rings is 2. The van der Waals surface area contributed by atoms with Gasteiger partial charge in [-0.15, -0.1) is 11.8 Å². The summed E-state index contributed by atoms with van der Waals surface area (Å²) in [6.45, 7) is 0. The summed E-state index contributed by atoms with van der Waals surface area (Å²) in [5.74, 6) is -1.23. The lowest BCUT2D eigenvalue weighted by Gasteiger charge is -2.08. The van der Waals surface area contributed by atoms with Crippen molar-refractivity contribution in [3.63, 3.8) is 0 Å². The van der Waals surface area contributed by atoms with E-state index < -0.39 is 11.6 Å². The third-order valence-electron chi connectivity index (χ3n) is 2.69. The molecule has 0 fully saturated rings. The van der Waals surface area contributed by atoms with Crippen molar-refractivity contribution < 1.29 is 14.0 Å². The van der Waals surface area contributed by atoms with E-state index in [0.29, 0.717) is 16.2 Å². The van der Waals surface area contributed by atoms with Gasteiger partial charge in [0.15, 0.2) is 17.5 Å². The molecule has 0 saturated heterocycles. The van der Waals surface area contributed by atoms with Gasteiger partial charge in [-0.3, -0.25) is 0 Å². The predicted molar refractivity (Wildman–Crippen MR) is 74.9 cm³/mol. The van der Waals surface area contributed by atoms with Crippen molar-refractivity contribution in [1.82, 2.24) is 0 Å². The van der Waals surface area contributed by atoms with E-state index in [1.165, 1.54) is 17.8 Å². The molecule has 0 amide bonds. The van der Waals surface area contributed by atoms with E-state index >= 15 is 0 Å². The summed E-state index contributed by atoms with van der Waals surface area (Å²) in [5.41, 5.74) is 7.05. The number of halogens is 2. The minimum Gasteiger partial charge on any atom is -0.409 e. The highest BCUT2D eigenvalue weighted by Gasteiger charge is 2.08. The Labute approximate surface area is 119 Å². The Morgan fingerprint density at radius 3 is 2.60 bits per heavy atom. The van der Waals surface area contributed by atoms with Gasteiger partial charge in [0.1, 0.15) is 0 Å². The number of nitrogens with zero attached hydrogens (tertiary/aromatic N) is 1. The van der Waals surface area contributed by atoms with Gasteiger partial charge in [-0.25, -0.2) is 8.78 Å². The molecule has 2 aromatic rings. The highest BCUT2D eigenvalue weighted by Crippen LogP contribution is 2.25. The van der Waals surface area contributed by atoms with Crippen LogP contribution in [0.2, 0.25) is 0 Å². The van der Waals surface area contributed by atoms with Crippen LogP contribution in [-0.2, 0) is 5.75 Å². The van der Waals surface area contributed by atoms with Gasteiger partial charge in [0, 0.05) is 16.2 Å². The predicted octanol–water partition coefficient (Wildman–Crippen LogP) is 3.35. The van der Waals surface area contributed by atoms with Crippen molar-refractivity contribution >= 4 is 17.6 Å². The first-order chi connectivity index (χ1) is 9.61. The average Bonchev–Trinajstić information content (AvgIpc) is 2.48. The quantitative estimate of drug-likeness (QED) is 0.299. The van der Waals surface area contributed by atoms with Crippen LogP contribution in [0.15, 0.2) is 52.5 Å². The summed E-state index contributed by atoms with van der Waals surface area (Å²) in [4.78, 5) is 0.609. The van der Waals surface area contributed by atoms with Gasteiger partial charge in [-0.2, -0.15) is 0 Å². The number of nitrogens with two attached hydrogens (primary N) is 1. The Morgan fingerprint density at radius 1 is 1.15 bits per heavy atom. The maximum absolute atomic E-state index is 13.1. The molecular weight excluding hydrogens is 282 g/mol. The van der Waals surface area contributed by atoms with Gasteiger partial charge in [-0.05, 0) is 23.8 Å². The van der Waals surface area contributed by atoms with E-state index in [0.717, 1.165) is 17.7 Å². The zero-order chi connectivity index (χ0) is 14.5. The largest absolute Gasteiger partial charge is 0.409 e. The molecule has 0 bridgehead atoms. The number of hydrogen-bond donors (Lipinski definition) is 2. The van der Waals surface area contributed by atoms with Crippen LogP contribution in [0.3, 0.4) is 0 Å². The highest BCUT2D eigenvalue weighted by atomic mass is 32.2. The van der Waals surface area contributed by atoms with Crippen LogP contribution in [0.1, 0.15) is 11.1 Å². The smallest absolute Gasteiger partial charge is 0.170 e. The first-order valence-electron chi connectivity index (χ1n) is 5.75. The Bertz CT molecular complexity index is 647. The zero-order valence-corrected chi connectivity index (χ0v) is 11.2. The maximum atomic E-state index is 13.1. The maximum Gasteiger partial charge on any atom is 0.170 e. The van der Waals surface area contributed by atoms with Crippen LogP contribution in [0.5, 0.6) is 0 Å². The fourth-order valence-electron chi connectivity index (χ4n) is 1.68. The molecule has 0 spiro atoms. The summed E-state index contributed by atoms with van der Waals surface area (Å²) >= 11 is 1.34. The van der Waals surface area contributed by atoms with Gasteiger partial charge >= 0.3 is 0 Å². The molecule has 2 rings (SSSR count). The minimum absolute atomic E-state index is 0.0199. The summed E-state index contributed by atoms with van der Waals surface area (Å²) in [6, 6.07) is 10.9. The first kappa shape index (κ1) is 14.3. The lowest BCUT2D eigenvalue weighted by atomic mass is 10.1. The molecule has 0 aliphatic heterocycles. The van der Waals surface area contributed by atoms with E-state index in [-0.39, 0.29) is 5.84 Å². The molecule has 0 aromatic heterocycles. The monoisotopic (exact) mass is 294 g/mol. The molecular formula is C14H12F2N2OS. The molecule has 0 radical (unpaired) electrons. The van der Waals surface area contributed by atoms with Crippen molar-refractivity contribution in [2.24, 2.45) is 10.9 Å². The van der Waals surface area contributed by atoms with E-state index in [4.69, 9.17) is 10.9 Å². The molecule has 0 unspecified atom stereocenters. The van der Waals surface area contributed by atoms with Crippen molar-refractivity contribution in [3.05, 3.63) is 65.2 Å². The molecule has 0 heterocycles. The second kappa shape index (κ2) is 6.38. The Morgan fingerprint density at radius 2 is 1.90 bits per heavy atom. The number of rotatable bonds is 4. The SMILES string of the molecule is N/C(=N\O)c1ccccc1CSc1ccc(F)c(F)c1. The fraction of sp³-hybridized carbons (Fsp3) is 0.0714. The molecule has 0 atom stereocenters. The van der Waals surface area contributed by atoms with E-state index in [1.807, 2.05) is 12.1 Å². The van der Waals surface area contributed by atoms with Crippen molar-refractivity contribution in [3.8, 4) is 0 Å². The van der Waals surface area contributed by atoms with Crippen LogP contribution < -0.4 is 5.73 Å². The Hall–Kier alpha value is -2.08. The lowest BCUT2D eigenvalue weighted by molar-refractivity contribution is 0.318. The van der Waals surface area contributed by atoms with Gasteiger partial charge < -0.3 is 10.9 Å². The normalized spacial score (nSPS) is 11.6. The molecule has 0 saturated carbocycles. The van der Waals surface area contributed by atoms with Crippen LogP contribution in [0, 0.1) is 11.6 Å². The zero-order valence-electron chi connectivity index (χ0n) is 10.4. The first-order valence-corrected chi connectivity index (χ1v) is 6.74. The molecule has 3 N–H and O–H groups in total. The fourth-order valence-corrected chi connectivity index (χ4v) is 2.60.